The molecule has 1 aromatic rings. The number of hydrogen-bond acceptors (Lipinski definition) is 4. The van der Waals surface area contributed by atoms with Crippen LogP contribution in [0.2, 0.25) is 0 Å². The minimum Gasteiger partial charge on any atom is -0.381 e. The van der Waals surface area contributed by atoms with Crippen LogP contribution in [0.4, 0.5) is 4.39 Å². The van der Waals surface area contributed by atoms with Crippen LogP contribution in [0.5, 0.6) is 0 Å². The molecule has 3 rings (SSSR count). The van der Waals surface area contributed by atoms with Gasteiger partial charge in [0, 0.05) is 54.2 Å². The van der Waals surface area contributed by atoms with Gasteiger partial charge in [-0.05, 0) is 30.5 Å². The van der Waals surface area contributed by atoms with E-state index in [0.29, 0.717) is 6.04 Å². The molecule has 0 saturated carbocycles. The van der Waals surface area contributed by atoms with E-state index in [1.807, 2.05) is 29.6 Å². The number of nitrogens with one attached hydrogen (secondary N) is 1. The molecule has 1 N–H and O–H groups in total. The van der Waals surface area contributed by atoms with E-state index in [4.69, 9.17) is 4.74 Å². The molecule has 0 radical (unpaired) electrons. The Morgan fingerprint density at radius 3 is 2.59 bits per heavy atom. The van der Waals surface area contributed by atoms with Crippen molar-refractivity contribution < 1.29 is 9.13 Å². The van der Waals surface area contributed by atoms with Gasteiger partial charge in [-0.25, -0.2) is 4.39 Å². The van der Waals surface area contributed by atoms with Gasteiger partial charge in [-0.1, -0.05) is 12.1 Å². The molecule has 122 valence electrons. The Kier molecular flexibility index (Phi) is 6.08. The Morgan fingerprint density at radius 1 is 1.18 bits per heavy atom. The average molecular weight is 342 g/mol. The maximum Gasteiger partial charge on any atom is 0.123 e. The lowest BCUT2D eigenvalue weighted by atomic mass is 9.74. The molecule has 2 aliphatic heterocycles. The summed E-state index contributed by atoms with van der Waals surface area (Å²) in [4.78, 5) is 0. The van der Waals surface area contributed by atoms with Crippen molar-refractivity contribution in [3.63, 3.8) is 0 Å². The highest BCUT2D eigenvalue weighted by Gasteiger charge is 2.35. The van der Waals surface area contributed by atoms with Crippen molar-refractivity contribution >= 4 is 23.5 Å². The molecule has 2 heterocycles. The second kappa shape index (κ2) is 8.04. The molecule has 2 aliphatic rings. The number of halogens is 1. The van der Waals surface area contributed by atoms with Gasteiger partial charge in [0.25, 0.3) is 0 Å². The van der Waals surface area contributed by atoms with Crippen LogP contribution < -0.4 is 5.32 Å². The van der Waals surface area contributed by atoms with Crippen molar-refractivity contribution in [1.82, 2.24) is 5.32 Å². The quantitative estimate of drug-likeness (QED) is 0.907. The first kappa shape index (κ1) is 16.6. The Hall–Kier alpha value is -0.230. The smallest absolute Gasteiger partial charge is 0.123 e. The van der Waals surface area contributed by atoms with E-state index in [2.05, 4.69) is 11.4 Å². The van der Waals surface area contributed by atoms with Crippen molar-refractivity contribution in [1.29, 1.82) is 0 Å². The molecule has 0 bridgehead atoms. The molecule has 0 spiro atoms. The third-order valence-electron chi connectivity index (χ3n) is 4.63. The van der Waals surface area contributed by atoms with Gasteiger partial charge in [0.1, 0.15) is 5.82 Å². The molecule has 0 aliphatic carbocycles. The summed E-state index contributed by atoms with van der Waals surface area (Å²) in [6, 6.07) is 7.71. The summed E-state index contributed by atoms with van der Waals surface area (Å²) in [6.45, 7) is 2.46. The van der Waals surface area contributed by atoms with Crippen molar-refractivity contribution in [3.8, 4) is 0 Å². The molecule has 1 aromatic carbocycles. The third-order valence-corrected chi connectivity index (χ3v) is 7.15. The lowest BCUT2D eigenvalue weighted by Crippen LogP contribution is -2.47. The predicted octanol–water partition coefficient (Wildman–Crippen LogP) is 3.31. The molecule has 2 saturated heterocycles. The molecule has 0 amide bonds. The number of thioether (sulfide) groups is 2. The molecule has 2 fully saturated rings. The fourth-order valence-electron chi connectivity index (χ4n) is 3.22. The molecule has 0 unspecified atom stereocenters. The molecular weight excluding hydrogens is 317 g/mol. The molecule has 0 atom stereocenters. The zero-order chi connectivity index (χ0) is 15.3. The van der Waals surface area contributed by atoms with Crippen LogP contribution in [-0.4, -0.2) is 48.8 Å². The molecule has 22 heavy (non-hydrogen) atoms. The van der Waals surface area contributed by atoms with Gasteiger partial charge in [-0.3, -0.25) is 0 Å². The van der Waals surface area contributed by atoms with Gasteiger partial charge in [-0.2, -0.15) is 23.5 Å². The van der Waals surface area contributed by atoms with Crippen LogP contribution in [0, 0.1) is 5.82 Å². The number of rotatable bonds is 4. The number of hydrogen-bond donors (Lipinski definition) is 1. The zero-order valence-electron chi connectivity index (χ0n) is 12.9. The van der Waals surface area contributed by atoms with Crippen LogP contribution in [-0.2, 0) is 10.2 Å². The summed E-state index contributed by atoms with van der Waals surface area (Å²) >= 11 is 4.08. The first-order valence-electron chi connectivity index (χ1n) is 8.01. The van der Waals surface area contributed by atoms with Crippen molar-refractivity contribution in [2.24, 2.45) is 0 Å². The van der Waals surface area contributed by atoms with Crippen molar-refractivity contribution in [2.45, 2.75) is 24.3 Å². The van der Waals surface area contributed by atoms with Gasteiger partial charge >= 0.3 is 0 Å². The maximum atomic E-state index is 13.7. The third kappa shape index (κ3) is 4.19. The second-order valence-corrected chi connectivity index (χ2v) is 8.43. The van der Waals surface area contributed by atoms with E-state index in [0.717, 1.165) is 38.2 Å². The minimum absolute atomic E-state index is 0.0159. The maximum absolute atomic E-state index is 13.7. The van der Waals surface area contributed by atoms with Crippen LogP contribution in [0.25, 0.3) is 0 Å². The normalized spacial score (nSPS) is 23.1. The number of benzene rings is 1. The largest absolute Gasteiger partial charge is 0.381 e. The average Bonchev–Trinajstić information content (AvgIpc) is 2.83. The van der Waals surface area contributed by atoms with Gasteiger partial charge in [-0.15, -0.1) is 0 Å². The lowest BCUT2D eigenvalue weighted by Gasteiger charge is -2.39. The van der Waals surface area contributed by atoms with Crippen molar-refractivity contribution in [3.05, 3.63) is 35.6 Å². The topological polar surface area (TPSA) is 21.3 Å². The first-order chi connectivity index (χ1) is 10.8. The van der Waals surface area contributed by atoms with E-state index < -0.39 is 0 Å². The van der Waals surface area contributed by atoms with Crippen LogP contribution in [0.3, 0.4) is 0 Å². The summed E-state index contributed by atoms with van der Waals surface area (Å²) in [5.41, 5.74) is 1.14. The fraction of sp³-hybridized carbons (Fsp3) is 0.647. The van der Waals surface area contributed by atoms with Crippen LogP contribution in [0.15, 0.2) is 24.3 Å². The van der Waals surface area contributed by atoms with Gasteiger partial charge in [0.05, 0.1) is 0 Å². The summed E-state index contributed by atoms with van der Waals surface area (Å²) in [7, 11) is 0. The Bertz CT molecular complexity index is 471. The summed E-state index contributed by atoms with van der Waals surface area (Å²) in [5, 5.41) is 3.77. The second-order valence-electron chi connectivity index (χ2n) is 6.13. The Balaban J connectivity index is 1.71. The number of ether oxygens (including phenoxy) is 1. The van der Waals surface area contributed by atoms with Crippen molar-refractivity contribution in [2.75, 3.05) is 42.8 Å². The highest BCUT2D eigenvalue weighted by Crippen LogP contribution is 2.35. The minimum atomic E-state index is -0.135. The summed E-state index contributed by atoms with van der Waals surface area (Å²) in [5.74, 6) is 4.74. The first-order valence-corrected chi connectivity index (χ1v) is 10.3. The van der Waals surface area contributed by atoms with E-state index in [1.165, 1.54) is 29.1 Å². The highest BCUT2D eigenvalue weighted by molar-refractivity contribution is 8.03. The predicted molar refractivity (Wildman–Crippen MR) is 94.6 cm³/mol. The van der Waals surface area contributed by atoms with E-state index in [-0.39, 0.29) is 11.2 Å². The van der Waals surface area contributed by atoms with Gasteiger partial charge in [0.2, 0.25) is 0 Å². The standard InChI is InChI=1S/C17H24FNOS2/c18-15-3-1-2-14(10-15)17(4-6-20-7-5-17)13-19-16-11-21-8-9-22-12-16/h1-3,10,16,19H,4-9,11-13H2. The molecule has 0 aromatic heterocycles. The summed E-state index contributed by atoms with van der Waals surface area (Å²) < 4.78 is 19.2. The van der Waals surface area contributed by atoms with Crippen LogP contribution >= 0.6 is 23.5 Å². The van der Waals surface area contributed by atoms with E-state index in [9.17, 15) is 4.39 Å². The summed E-state index contributed by atoms with van der Waals surface area (Å²) in [6.07, 6.45) is 1.94. The molecule has 5 heteroatoms. The molecule has 2 nitrogen and oxygen atoms in total. The van der Waals surface area contributed by atoms with E-state index in [1.54, 1.807) is 6.07 Å². The van der Waals surface area contributed by atoms with E-state index >= 15 is 0 Å². The van der Waals surface area contributed by atoms with Gasteiger partial charge < -0.3 is 10.1 Å². The lowest BCUT2D eigenvalue weighted by molar-refractivity contribution is 0.0492. The molecular formula is C17H24FNOS2. The SMILES string of the molecule is Fc1cccc(C2(CNC3CSCCSC3)CCOCC2)c1. The fourth-order valence-corrected chi connectivity index (χ4v) is 5.69. The van der Waals surface area contributed by atoms with Gasteiger partial charge in [0.15, 0.2) is 0 Å². The highest BCUT2D eigenvalue weighted by atomic mass is 32.2. The zero-order valence-corrected chi connectivity index (χ0v) is 14.5. The Morgan fingerprint density at radius 2 is 1.91 bits per heavy atom. The van der Waals surface area contributed by atoms with Crippen LogP contribution in [0.1, 0.15) is 18.4 Å². The monoisotopic (exact) mass is 341 g/mol. The Labute approximate surface area is 141 Å².